The number of aromatic nitrogens is 3. The molecule has 3 rings (SSSR count). The first-order valence-corrected chi connectivity index (χ1v) is 5.10. The Kier molecular flexibility index (Phi) is 1.46. The van der Waals surface area contributed by atoms with Crippen LogP contribution >= 0.6 is 0 Å². The standard InChI is InChI=1S/C11H13N3/c1-7-6-8(2)10-9(7)13-11-12-4-3-5-14(10)11/h3-5,7-8H,6H2,1-2H3. The maximum absolute atomic E-state index is 4.58. The maximum atomic E-state index is 4.58. The molecule has 0 spiro atoms. The number of fused-ring (bicyclic) bond motifs is 3. The highest BCUT2D eigenvalue weighted by atomic mass is 15.1. The van der Waals surface area contributed by atoms with Gasteiger partial charge < -0.3 is 0 Å². The van der Waals surface area contributed by atoms with Crippen molar-refractivity contribution in [3.05, 3.63) is 29.8 Å². The van der Waals surface area contributed by atoms with Gasteiger partial charge >= 0.3 is 0 Å². The molecule has 72 valence electrons. The van der Waals surface area contributed by atoms with E-state index in [-0.39, 0.29) is 0 Å². The van der Waals surface area contributed by atoms with Gasteiger partial charge in [-0.3, -0.25) is 4.40 Å². The van der Waals surface area contributed by atoms with E-state index >= 15 is 0 Å². The Hall–Kier alpha value is -1.38. The van der Waals surface area contributed by atoms with E-state index in [0.717, 1.165) is 5.78 Å². The van der Waals surface area contributed by atoms with Gasteiger partial charge in [0.15, 0.2) is 0 Å². The molecule has 3 nitrogen and oxygen atoms in total. The topological polar surface area (TPSA) is 30.2 Å². The van der Waals surface area contributed by atoms with Crippen molar-refractivity contribution in [2.24, 2.45) is 0 Å². The van der Waals surface area contributed by atoms with Crippen LogP contribution in [0.15, 0.2) is 18.5 Å². The zero-order chi connectivity index (χ0) is 9.71. The van der Waals surface area contributed by atoms with E-state index in [0.29, 0.717) is 11.8 Å². The lowest BCUT2D eigenvalue weighted by Gasteiger charge is -2.03. The van der Waals surface area contributed by atoms with Crippen LogP contribution in [-0.4, -0.2) is 14.4 Å². The molecule has 0 aromatic carbocycles. The molecule has 2 aromatic heterocycles. The molecule has 0 saturated carbocycles. The summed E-state index contributed by atoms with van der Waals surface area (Å²) in [4.78, 5) is 8.84. The zero-order valence-corrected chi connectivity index (χ0v) is 8.44. The molecule has 0 amide bonds. The van der Waals surface area contributed by atoms with Gasteiger partial charge in [-0.05, 0) is 18.4 Å². The van der Waals surface area contributed by atoms with Crippen LogP contribution in [-0.2, 0) is 0 Å². The largest absolute Gasteiger partial charge is 0.288 e. The Morgan fingerprint density at radius 2 is 2.21 bits per heavy atom. The number of hydrogen-bond acceptors (Lipinski definition) is 2. The van der Waals surface area contributed by atoms with E-state index < -0.39 is 0 Å². The molecule has 2 heterocycles. The van der Waals surface area contributed by atoms with E-state index in [2.05, 4.69) is 34.4 Å². The quantitative estimate of drug-likeness (QED) is 0.633. The molecule has 0 N–H and O–H groups in total. The molecule has 2 atom stereocenters. The molecule has 14 heavy (non-hydrogen) atoms. The third-order valence-corrected chi connectivity index (χ3v) is 3.11. The Balaban J connectivity index is 2.37. The fourth-order valence-electron chi connectivity index (χ4n) is 2.53. The second-order valence-corrected chi connectivity index (χ2v) is 4.21. The number of rotatable bonds is 0. The Morgan fingerprint density at radius 1 is 1.36 bits per heavy atom. The van der Waals surface area contributed by atoms with Crippen LogP contribution in [0.5, 0.6) is 0 Å². The molecule has 0 fully saturated rings. The fourth-order valence-corrected chi connectivity index (χ4v) is 2.53. The van der Waals surface area contributed by atoms with Crippen molar-refractivity contribution in [1.29, 1.82) is 0 Å². The maximum Gasteiger partial charge on any atom is 0.234 e. The van der Waals surface area contributed by atoms with E-state index in [9.17, 15) is 0 Å². The molecular weight excluding hydrogens is 174 g/mol. The van der Waals surface area contributed by atoms with Crippen molar-refractivity contribution in [2.75, 3.05) is 0 Å². The molecule has 0 aliphatic heterocycles. The van der Waals surface area contributed by atoms with Crippen LogP contribution in [0.25, 0.3) is 5.78 Å². The molecule has 0 bridgehead atoms. The van der Waals surface area contributed by atoms with Gasteiger partial charge in [-0.15, -0.1) is 0 Å². The molecule has 3 heteroatoms. The molecule has 0 saturated heterocycles. The SMILES string of the molecule is CC1CC(C)c2c1nc1ncccn21. The van der Waals surface area contributed by atoms with Crippen molar-refractivity contribution < 1.29 is 0 Å². The summed E-state index contributed by atoms with van der Waals surface area (Å²) in [7, 11) is 0. The van der Waals surface area contributed by atoms with Crippen molar-refractivity contribution in [3.8, 4) is 0 Å². The minimum absolute atomic E-state index is 0.585. The van der Waals surface area contributed by atoms with Crippen molar-refractivity contribution in [2.45, 2.75) is 32.1 Å². The highest BCUT2D eigenvalue weighted by molar-refractivity contribution is 5.41. The lowest BCUT2D eigenvalue weighted by atomic mass is 10.1. The first kappa shape index (κ1) is 7.97. The first-order valence-electron chi connectivity index (χ1n) is 5.10. The van der Waals surface area contributed by atoms with Gasteiger partial charge in [-0.1, -0.05) is 13.8 Å². The van der Waals surface area contributed by atoms with Crippen LogP contribution in [0, 0.1) is 0 Å². The molecule has 2 aromatic rings. The predicted molar refractivity (Wildman–Crippen MR) is 54.4 cm³/mol. The number of hydrogen-bond donors (Lipinski definition) is 0. The lowest BCUT2D eigenvalue weighted by Crippen LogP contribution is -1.95. The van der Waals surface area contributed by atoms with Gasteiger partial charge in [0.25, 0.3) is 0 Å². The van der Waals surface area contributed by atoms with Gasteiger partial charge in [0.2, 0.25) is 5.78 Å². The van der Waals surface area contributed by atoms with Gasteiger partial charge in [0.1, 0.15) is 0 Å². The van der Waals surface area contributed by atoms with E-state index in [1.807, 2.05) is 6.07 Å². The average molecular weight is 187 g/mol. The minimum Gasteiger partial charge on any atom is -0.288 e. The summed E-state index contributed by atoms with van der Waals surface area (Å²) in [5, 5.41) is 0. The van der Waals surface area contributed by atoms with E-state index in [1.165, 1.54) is 17.8 Å². The highest BCUT2D eigenvalue weighted by Crippen LogP contribution is 2.40. The van der Waals surface area contributed by atoms with E-state index in [1.54, 1.807) is 6.20 Å². The predicted octanol–water partition coefficient (Wildman–Crippen LogP) is 2.34. The Morgan fingerprint density at radius 3 is 3.07 bits per heavy atom. The van der Waals surface area contributed by atoms with Crippen LogP contribution in [0.4, 0.5) is 0 Å². The van der Waals surface area contributed by atoms with Crippen LogP contribution < -0.4 is 0 Å². The summed E-state index contributed by atoms with van der Waals surface area (Å²) in [6, 6.07) is 1.96. The van der Waals surface area contributed by atoms with Crippen molar-refractivity contribution in [1.82, 2.24) is 14.4 Å². The third-order valence-electron chi connectivity index (χ3n) is 3.11. The fraction of sp³-hybridized carbons (Fsp3) is 0.455. The van der Waals surface area contributed by atoms with Crippen LogP contribution in [0.2, 0.25) is 0 Å². The lowest BCUT2D eigenvalue weighted by molar-refractivity contribution is 0.640. The Labute approximate surface area is 82.8 Å². The summed E-state index contributed by atoms with van der Waals surface area (Å²) < 4.78 is 2.13. The number of nitrogens with zero attached hydrogens (tertiary/aromatic N) is 3. The summed E-state index contributed by atoms with van der Waals surface area (Å²) in [5.74, 6) is 2.04. The highest BCUT2D eigenvalue weighted by Gasteiger charge is 2.30. The average Bonchev–Trinajstić information content (AvgIpc) is 2.66. The van der Waals surface area contributed by atoms with Gasteiger partial charge in [0.05, 0.1) is 11.4 Å². The first-order chi connectivity index (χ1) is 6.77. The smallest absolute Gasteiger partial charge is 0.234 e. The zero-order valence-electron chi connectivity index (χ0n) is 8.44. The molecule has 1 aliphatic rings. The second-order valence-electron chi connectivity index (χ2n) is 4.21. The van der Waals surface area contributed by atoms with Crippen LogP contribution in [0.3, 0.4) is 0 Å². The van der Waals surface area contributed by atoms with Crippen LogP contribution in [0.1, 0.15) is 43.5 Å². The normalized spacial score (nSPS) is 25.6. The van der Waals surface area contributed by atoms with E-state index in [4.69, 9.17) is 0 Å². The summed E-state index contributed by atoms with van der Waals surface area (Å²) >= 11 is 0. The van der Waals surface area contributed by atoms with Crippen molar-refractivity contribution in [3.63, 3.8) is 0 Å². The minimum atomic E-state index is 0.585. The molecular formula is C11H13N3. The third kappa shape index (κ3) is 0.870. The second kappa shape index (κ2) is 2.56. The monoisotopic (exact) mass is 187 g/mol. The van der Waals surface area contributed by atoms with Gasteiger partial charge in [-0.25, -0.2) is 9.97 Å². The molecule has 2 unspecified atom stereocenters. The van der Waals surface area contributed by atoms with Crippen molar-refractivity contribution >= 4 is 5.78 Å². The van der Waals surface area contributed by atoms with Gasteiger partial charge in [-0.2, -0.15) is 0 Å². The summed E-state index contributed by atoms with van der Waals surface area (Å²) in [6.45, 7) is 4.51. The Bertz CT molecular complexity index is 486. The van der Waals surface area contributed by atoms with Gasteiger partial charge in [0, 0.05) is 18.3 Å². The summed E-state index contributed by atoms with van der Waals surface area (Å²) in [6.07, 6.45) is 5.07. The summed E-state index contributed by atoms with van der Waals surface area (Å²) in [5.41, 5.74) is 2.61. The molecule has 0 radical (unpaired) electrons. The molecule has 1 aliphatic carbocycles. The number of imidazole rings is 1.